The number of benzene rings is 2. The molecule has 21 heavy (non-hydrogen) atoms. The zero-order chi connectivity index (χ0) is 15.5. The molecule has 110 valence electrons. The van der Waals surface area contributed by atoms with E-state index in [9.17, 15) is 13.2 Å². The molecule has 0 bridgehead atoms. The minimum Gasteiger partial charge on any atom is -0.493 e. The van der Waals surface area contributed by atoms with Gasteiger partial charge >= 0.3 is 5.97 Å². The highest BCUT2D eigenvalue weighted by Gasteiger charge is 2.15. The first-order valence-electron chi connectivity index (χ1n) is 6.07. The Labute approximate surface area is 123 Å². The van der Waals surface area contributed by atoms with Gasteiger partial charge in [0.15, 0.2) is 21.3 Å². The molecule has 0 spiro atoms. The van der Waals surface area contributed by atoms with Crippen molar-refractivity contribution in [1.82, 2.24) is 0 Å². The molecule has 0 fully saturated rings. The van der Waals surface area contributed by atoms with Crippen LogP contribution in [0, 0.1) is 0 Å². The van der Waals surface area contributed by atoms with Crippen molar-refractivity contribution >= 4 is 15.8 Å². The minimum atomic E-state index is -3.38. The van der Waals surface area contributed by atoms with Crippen LogP contribution in [-0.4, -0.2) is 27.8 Å². The summed E-state index contributed by atoms with van der Waals surface area (Å²) in [5.74, 6) is 0.0462. The topological polar surface area (TPSA) is 69.7 Å². The molecule has 0 aromatic heterocycles. The molecular formula is C15H14O5S. The van der Waals surface area contributed by atoms with Gasteiger partial charge in [0.2, 0.25) is 0 Å². The highest BCUT2D eigenvalue weighted by Crippen LogP contribution is 2.26. The number of methoxy groups -OCH3 is 1. The van der Waals surface area contributed by atoms with Crippen LogP contribution >= 0.6 is 0 Å². The van der Waals surface area contributed by atoms with Crippen LogP contribution in [0.2, 0.25) is 0 Å². The second-order valence-corrected chi connectivity index (χ2v) is 6.36. The lowest BCUT2D eigenvalue weighted by Gasteiger charge is -2.09. The maximum atomic E-state index is 12.1. The highest BCUT2D eigenvalue weighted by molar-refractivity contribution is 7.90. The van der Waals surface area contributed by atoms with Crippen LogP contribution in [0.3, 0.4) is 0 Å². The molecule has 2 aromatic rings. The lowest BCUT2D eigenvalue weighted by atomic mass is 10.2. The summed E-state index contributed by atoms with van der Waals surface area (Å²) in [6.07, 6.45) is 1.08. The number of sulfone groups is 1. The molecule has 0 N–H and O–H groups in total. The Hall–Kier alpha value is -2.34. The summed E-state index contributed by atoms with van der Waals surface area (Å²) in [5.41, 5.74) is 0.156. The maximum absolute atomic E-state index is 12.1. The molecule has 0 heterocycles. The Balaban J connectivity index is 2.29. The fourth-order valence-electron chi connectivity index (χ4n) is 1.72. The lowest BCUT2D eigenvalue weighted by molar-refractivity contribution is 0.0729. The lowest BCUT2D eigenvalue weighted by Crippen LogP contribution is -2.10. The molecule has 0 aliphatic carbocycles. The van der Waals surface area contributed by atoms with Gasteiger partial charge in [-0.05, 0) is 30.3 Å². The van der Waals surface area contributed by atoms with Crippen molar-refractivity contribution in [3.05, 3.63) is 54.1 Å². The first kappa shape index (κ1) is 15.1. The second-order valence-electron chi connectivity index (χ2n) is 4.34. The van der Waals surface area contributed by atoms with Gasteiger partial charge in [-0.3, -0.25) is 0 Å². The third-order valence-electron chi connectivity index (χ3n) is 2.77. The van der Waals surface area contributed by atoms with Crippen molar-refractivity contribution in [3.63, 3.8) is 0 Å². The van der Waals surface area contributed by atoms with E-state index < -0.39 is 15.8 Å². The van der Waals surface area contributed by atoms with Gasteiger partial charge in [-0.2, -0.15) is 0 Å². The van der Waals surface area contributed by atoms with Gasteiger partial charge in [0.05, 0.1) is 17.6 Å². The normalized spacial score (nSPS) is 11.0. The zero-order valence-corrected chi connectivity index (χ0v) is 12.4. The summed E-state index contributed by atoms with van der Waals surface area (Å²) in [6, 6.07) is 12.4. The summed E-state index contributed by atoms with van der Waals surface area (Å²) in [4.78, 5) is 12.2. The molecule has 0 atom stereocenters. The molecule has 2 aromatic carbocycles. The van der Waals surface area contributed by atoms with Gasteiger partial charge in [0.25, 0.3) is 0 Å². The number of hydrogen-bond acceptors (Lipinski definition) is 5. The predicted octanol–water partition coefficient (Wildman–Crippen LogP) is 2.32. The molecule has 0 amide bonds. The fourth-order valence-corrected chi connectivity index (χ4v) is 2.38. The van der Waals surface area contributed by atoms with E-state index in [2.05, 4.69) is 0 Å². The summed E-state index contributed by atoms with van der Waals surface area (Å²) in [7, 11) is -1.91. The molecular weight excluding hydrogens is 292 g/mol. The predicted molar refractivity (Wildman–Crippen MR) is 77.5 cm³/mol. The van der Waals surface area contributed by atoms with Crippen molar-refractivity contribution < 1.29 is 22.7 Å². The Morgan fingerprint density at radius 3 is 2.29 bits per heavy atom. The van der Waals surface area contributed by atoms with E-state index in [0.29, 0.717) is 5.75 Å². The summed E-state index contributed by atoms with van der Waals surface area (Å²) in [5, 5.41) is 0. The molecule has 5 nitrogen and oxygen atoms in total. The standard InChI is InChI=1S/C15H14O5S/c1-19-13-8-3-4-9-14(13)20-15(16)11-6-5-7-12(10-11)21(2,17)18/h3-10H,1-2H3. The van der Waals surface area contributed by atoms with E-state index in [1.807, 2.05) is 0 Å². The number of para-hydroxylation sites is 2. The molecule has 0 radical (unpaired) electrons. The van der Waals surface area contributed by atoms with E-state index in [1.165, 1.54) is 31.4 Å². The van der Waals surface area contributed by atoms with Gasteiger partial charge in [0.1, 0.15) is 0 Å². The molecule has 0 aliphatic rings. The van der Waals surface area contributed by atoms with E-state index >= 15 is 0 Å². The Kier molecular flexibility index (Phi) is 4.28. The molecule has 0 aliphatic heterocycles. The van der Waals surface area contributed by atoms with Crippen LogP contribution in [0.1, 0.15) is 10.4 Å². The zero-order valence-electron chi connectivity index (χ0n) is 11.6. The van der Waals surface area contributed by atoms with Crippen molar-refractivity contribution in [3.8, 4) is 11.5 Å². The second kappa shape index (κ2) is 5.97. The van der Waals surface area contributed by atoms with E-state index in [4.69, 9.17) is 9.47 Å². The van der Waals surface area contributed by atoms with Crippen LogP contribution in [0.25, 0.3) is 0 Å². The third-order valence-corrected chi connectivity index (χ3v) is 3.88. The largest absolute Gasteiger partial charge is 0.493 e. The summed E-state index contributed by atoms with van der Waals surface area (Å²) >= 11 is 0. The smallest absolute Gasteiger partial charge is 0.343 e. The van der Waals surface area contributed by atoms with E-state index in [1.54, 1.807) is 24.3 Å². The summed E-state index contributed by atoms with van der Waals surface area (Å²) < 4.78 is 33.3. The van der Waals surface area contributed by atoms with Gasteiger partial charge in [-0.15, -0.1) is 0 Å². The van der Waals surface area contributed by atoms with E-state index in [0.717, 1.165) is 6.26 Å². The third kappa shape index (κ3) is 3.61. The number of carbonyl (C=O) groups is 1. The Bertz CT molecular complexity index is 765. The Morgan fingerprint density at radius 1 is 1.00 bits per heavy atom. The first-order chi connectivity index (χ1) is 9.91. The van der Waals surface area contributed by atoms with Crippen molar-refractivity contribution in [2.75, 3.05) is 13.4 Å². The van der Waals surface area contributed by atoms with E-state index in [-0.39, 0.29) is 16.2 Å². The molecule has 2 rings (SSSR count). The number of carbonyl (C=O) groups excluding carboxylic acids is 1. The van der Waals surface area contributed by atoms with Gasteiger partial charge in [-0.1, -0.05) is 18.2 Å². The number of ether oxygens (including phenoxy) is 2. The van der Waals surface area contributed by atoms with Crippen LogP contribution in [-0.2, 0) is 9.84 Å². The number of esters is 1. The number of rotatable bonds is 4. The van der Waals surface area contributed by atoms with Crippen LogP contribution < -0.4 is 9.47 Å². The van der Waals surface area contributed by atoms with Gasteiger partial charge < -0.3 is 9.47 Å². The monoisotopic (exact) mass is 306 g/mol. The van der Waals surface area contributed by atoms with Crippen molar-refractivity contribution in [2.45, 2.75) is 4.90 Å². The summed E-state index contributed by atoms with van der Waals surface area (Å²) in [6.45, 7) is 0. The number of hydrogen-bond donors (Lipinski definition) is 0. The maximum Gasteiger partial charge on any atom is 0.343 e. The minimum absolute atomic E-state index is 0.0666. The van der Waals surface area contributed by atoms with Crippen LogP contribution in [0.4, 0.5) is 0 Å². The van der Waals surface area contributed by atoms with Gasteiger partial charge in [0, 0.05) is 6.26 Å². The fraction of sp³-hybridized carbons (Fsp3) is 0.133. The first-order valence-corrected chi connectivity index (χ1v) is 7.96. The quantitative estimate of drug-likeness (QED) is 0.640. The van der Waals surface area contributed by atoms with Gasteiger partial charge in [-0.25, -0.2) is 13.2 Å². The average molecular weight is 306 g/mol. The molecule has 0 saturated heterocycles. The van der Waals surface area contributed by atoms with Crippen molar-refractivity contribution in [2.24, 2.45) is 0 Å². The highest BCUT2D eigenvalue weighted by atomic mass is 32.2. The Morgan fingerprint density at radius 2 is 1.67 bits per heavy atom. The molecule has 0 saturated carbocycles. The average Bonchev–Trinajstić information content (AvgIpc) is 2.47. The SMILES string of the molecule is COc1ccccc1OC(=O)c1cccc(S(C)(=O)=O)c1. The van der Waals surface area contributed by atoms with Crippen LogP contribution in [0.5, 0.6) is 11.5 Å². The van der Waals surface area contributed by atoms with Crippen LogP contribution in [0.15, 0.2) is 53.4 Å². The molecule has 6 heteroatoms. The molecule has 0 unspecified atom stereocenters. The van der Waals surface area contributed by atoms with Crippen molar-refractivity contribution in [1.29, 1.82) is 0 Å².